The summed E-state index contributed by atoms with van der Waals surface area (Å²) in [7, 11) is 0. The van der Waals surface area contributed by atoms with Crippen LogP contribution in [-0.4, -0.2) is 125 Å². The Morgan fingerprint density at radius 1 is 0.370 bits per heavy atom. The largest absolute Gasteiger partial charge is 0.379 e. The zero-order chi connectivity index (χ0) is 32.7. The van der Waals surface area contributed by atoms with Crippen LogP contribution < -0.4 is 0 Å². The van der Waals surface area contributed by atoms with Gasteiger partial charge in [-0.25, -0.2) is 0 Å². The molecule has 1 fully saturated rings. The Balaban J connectivity index is 1.59. The fourth-order valence-electron chi connectivity index (χ4n) is 4.94. The van der Waals surface area contributed by atoms with Crippen LogP contribution in [0.1, 0.15) is 110 Å². The normalized spacial score (nSPS) is 15.2. The SMILES string of the molecule is CCCCCCCCCCCCCCCOCCOCCOCCOCCOCCOCCOCCOCCOC1CCCCO1. The molecule has 0 aliphatic carbocycles. The van der Waals surface area contributed by atoms with Gasteiger partial charge >= 0.3 is 0 Å². The van der Waals surface area contributed by atoms with Crippen molar-refractivity contribution in [2.45, 2.75) is 116 Å². The number of unbranched alkanes of at least 4 members (excludes halogenated alkanes) is 12. The van der Waals surface area contributed by atoms with Crippen molar-refractivity contribution < 1.29 is 47.4 Å². The van der Waals surface area contributed by atoms with E-state index in [4.69, 9.17) is 47.4 Å². The molecule has 1 heterocycles. The highest BCUT2D eigenvalue weighted by Crippen LogP contribution is 2.14. The van der Waals surface area contributed by atoms with E-state index in [1.165, 1.54) is 83.5 Å². The lowest BCUT2D eigenvalue weighted by Crippen LogP contribution is -2.24. The quantitative estimate of drug-likeness (QED) is 0.0657. The minimum absolute atomic E-state index is 0.0579. The van der Waals surface area contributed by atoms with Crippen LogP contribution in [0.4, 0.5) is 0 Å². The molecule has 1 aliphatic heterocycles. The van der Waals surface area contributed by atoms with Crippen molar-refractivity contribution in [3.8, 4) is 0 Å². The first-order valence-corrected chi connectivity index (χ1v) is 18.8. The van der Waals surface area contributed by atoms with Gasteiger partial charge in [0.1, 0.15) is 0 Å². The van der Waals surface area contributed by atoms with Crippen molar-refractivity contribution in [2.75, 3.05) is 119 Å². The summed E-state index contributed by atoms with van der Waals surface area (Å²) in [5.74, 6) is 0. The van der Waals surface area contributed by atoms with E-state index in [1.807, 2.05) is 0 Å². The van der Waals surface area contributed by atoms with Crippen LogP contribution in [-0.2, 0) is 47.4 Å². The summed E-state index contributed by atoms with van der Waals surface area (Å²) < 4.78 is 55.4. The third-order valence-electron chi connectivity index (χ3n) is 7.67. The first-order chi connectivity index (χ1) is 22.9. The van der Waals surface area contributed by atoms with Crippen molar-refractivity contribution in [3.63, 3.8) is 0 Å². The Bertz CT molecular complexity index is 551. The van der Waals surface area contributed by atoms with Crippen molar-refractivity contribution in [1.29, 1.82) is 0 Å². The molecule has 1 rings (SSSR count). The number of rotatable bonds is 39. The molecule has 46 heavy (non-hydrogen) atoms. The van der Waals surface area contributed by atoms with Crippen LogP contribution in [0.25, 0.3) is 0 Å². The summed E-state index contributed by atoms with van der Waals surface area (Å²) in [5, 5.41) is 0. The molecule has 0 radical (unpaired) electrons. The topological polar surface area (TPSA) is 92.3 Å². The van der Waals surface area contributed by atoms with E-state index in [0.717, 1.165) is 32.5 Å². The fourth-order valence-corrected chi connectivity index (χ4v) is 4.94. The van der Waals surface area contributed by atoms with Gasteiger partial charge in [-0.1, -0.05) is 84.0 Å². The highest BCUT2D eigenvalue weighted by molar-refractivity contribution is 4.54. The molecule has 0 aromatic heterocycles. The molecule has 0 saturated carbocycles. The molecule has 1 saturated heterocycles. The van der Waals surface area contributed by atoms with Gasteiger partial charge in [-0.3, -0.25) is 0 Å². The molecule has 0 N–H and O–H groups in total. The highest BCUT2D eigenvalue weighted by Gasteiger charge is 2.13. The van der Waals surface area contributed by atoms with E-state index in [1.54, 1.807) is 0 Å². The lowest BCUT2D eigenvalue weighted by Gasteiger charge is -2.22. The number of ether oxygens (including phenoxy) is 10. The van der Waals surface area contributed by atoms with Crippen LogP contribution in [0.3, 0.4) is 0 Å². The van der Waals surface area contributed by atoms with Crippen molar-refractivity contribution in [1.82, 2.24) is 0 Å². The van der Waals surface area contributed by atoms with Gasteiger partial charge in [0.2, 0.25) is 0 Å². The summed E-state index contributed by atoms with van der Waals surface area (Å²) in [6.45, 7) is 12.9. The van der Waals surface area contributed by atoms with E-state index >= 15 is 0 Å². The Labute approximate surface area is 282 Å². The van der Waals surface area contributed by atoms with Crippen LogP contribution in [0, 0.1) is 0 Å². The zero-order valence-electron chi connectivity index (χ0n) is 29.7. The Hall–Kier alpha value is -0.400. The molecule has 1 unspecified atom stereocenters. The molecular formula is C36H72O10. The molecular weight excluding hydrogens is 592 g/mol. The van der Waals surface area contributed by atoms with E-state index in [9.17, 15) is 0 Å². The molecule has 0 bridgehead atoms. The van der Waals surface area contributed by atoms with Gasteiger partial charge in [-0.15, -0.1) is 0 Å². The summed E-state index contributed by atoms with van der Waals surface area (Å²) in [4.78, 5) is 0. The molecule has 1 aliphatic rings. The van der Waals surface area contributed by atoms with Gasteiger partial charge in [0.25, 0.3) is 0 Å². The maximum absolute atomic E-state index is 5.67. The van der Waals surface area contributed by atoms with Gasteiger partial charge in [0.15, 0.2) is 6.29 Å². The molecule has 10 nitrogen and oxygen atoms in total. The lowest BCUT2D eigenvalue weighted by atomic mass is 10.0. The van der Waals surface area contributed by atoms with E-state index in [0.29, 0.717) is 106 Å². The first-order valence-electron chi connectivity index (χ1n) is 18.8. The predicted molar refractivity (Wildman–Crippen MR) is 182 cm³/mol. The fraction of sp³-hybridized carbons (Fsp3) is 1.00. The minimum Gasteiger partial charge on any atom is -0.379 e. The van der Waals surface area contributed by atoms with Gasteiger partial charge in [0.05, 0.1) is 106 Å². The zero-order valence-corrected chi connectivity index (χ0v) is 29.7. The second-order valence-corrected chi connectivity index (χ2v) is 11.8. The predicted octanol–water partition coefficient (Wildman–Crippen LogP) is 6.75. The molecule has 1 atom stereocenters. The molecule has 0 spiro atoms. The highest BCUT2D eigenvalue weighted by atomic mass is 16.7. The second-order valence-electron chi connectivity index (χ2n) is 11.8. The summed E-state index contributed by atoms with van der Waals surface area (Å²) in [5.41, 5.74) is 0. The Morgan fingerprint density at radius 3 is 1.04 bits per heavy atom. The van der Waals surface area contributed by atoms with Crippen LogP contribution in [0.5, 0.6) is 0 Å². The lowest BCUT2D eigenvalue weighted by molar-refractivity contribution is -0.169. The van der Waals surface area contributed by atoms with Gasteiger partial charge in [-0.05, 0) is 25.7 Å². The second kappa shape index (κ2) is 39.0. The average molecular weight is 665 g/mol. The third-order valence-corrected chi connectivity index (χ3v) is 7.67. The van der Waals surface area contributed by atoms with Crippen molar-refractivity contribution in [3.05, 3.63) is 0 Å². The molecule has 0 amide bonds. The Morgan fingerprint density at radius 2 is 0.696 bits per heavy atom. The minimum atomic E-state index is -0.0579. The van der Waals surface area contributed by atoms with Crippen molar-refractivity contribution in [2.24, 2.45) is 0 Å². The molecule has 0 aromatic carbocycles. The summed E-state index contributed by atoms with van der Waals surface area (Å²) in [6, 6.07) is 0. The molecule has 276 valence electrons. The number of hydrogen-bond donors (Lipinski definition) is 0. The van der Waals surface area contributed by atoms with Crippen LogP contribution >= 0.6 is 0 Å². The van der Waals surface area contributed by atoms with E-state index < -0.39 is 0 Å². The van der Waals surface area contributed by atoms with Crippen molar-refractivity contribution >= 4 is 0 Å². The standard InChI is InChI=1S/C36H72O10/c1-2-3-4-5-6-7-8-9-10-11-12-13-15-18-37-20-21-38-22-23-39-24-25-40-26-27-41-28-29-42-30-31-43-32-33-44-34-35-46-36-17-14-16-19-45-36/h36H,2-35H2,1H3. The molecule has 0 aromatic rings. The van der Waals surface area contributed by atoms with Gasteiger partial charge in [0, 0.05) is 13.2 Å². The number of hydrogen-bond acceptors (Lipinski definition) is 10. The average Bonchev–Trinajstić information content (AvgIpc) is 3.08. The van der Waals surface area contributed by atoms with Gasteiger partial charge in [-0.2, -0.15) is 0 Å². The van der Waals surface area contributed by atoms with E-state index in [-0.39, 0.29) is 6.29 Å². The third kappa shape index (κ3) is 34.9. The maximum Gasteiger partial charge on any atom is 0.157 e. The molecule has 10 heteroatoms. The van der Waals surface area contributed by atoms with Gasteiger partial charge < -0.3 is 47.4 Å². The smallest absolute Gasteiger partial charge is 0.157 e. The first kappa shape index (κ1) is 43.6. The van der Waals surface area contributed by atoms with Crippen LogP contribution in [0.2, 0.25) is 0 Å². The Kier molecular flexibility index (Phi) is 37.0. The van der Waals surface area contributed by atoms with Crippen LogP contribution in [0.15, 0.2) is 0 Å². The summed E-state index contributed by atoms with van der Waals surface area (Å²) in [6.07, 6.45) is 21.1. The monoisotopic (exact) mass is 665 g/mol. The maximum atomic E-state index is 5.67. The van der Waals surface area contributed by atoms with E-state index in [2.05, 4.69) is 6.92 Å². The summed E-state index contributed by atoms with van der Waals surface area (Å²) >= 11 is 0.